The van der Waals surface area contributed by atoms with Crippen LogP contribution < -0.4 is 4.74 Å². The Morgan fingerprint density at radius 2 is 1.68 bits per heavy atom. The van der Waals surface area contributed by atoms with Gasteiger partial charge in [-0.1, -0.05) is 12.1 Å². The van der Waals surface area contributed by atoms with E-state index in [1.807, 2.05) is 13.8 Å². The number of hydrogen-bond acceptors (Lipinski definition) is 7. The molecule has 0 saturated carbocycles. The number of aromatic nitrogens is 1. The zero-order chi connectivity index (χ0) is 30.0. The molecule has 0 N–H and O–H groups in total. The van der Waals surface area contributed by atoms with Crippen LogP contribution in [0.15, 0.2) is 42.6 Å². The molecule has 2 heterocycles. The van der Waals surface area contributed by atoms with Crippen LogP contribution in [0.4, 0.5) is 9.18 Å². The number of carbonyl (C=O) groups excluding carboxylic acids is 4. The van der Waals surface area contributed by atoms with E-state index in [9.17, 15) is 23.6 Å². The Morgan fingerprint density at radius 3 is 2.29 bits per heavy atom. The normalized spacial score (nSPS) is 17.4. The first kappa shape index (κ1) is 29.7. The SMILES string of the molecule is CCOC(=O)n1cc(C(=O)C(=O)N(C)C)c2cc(C(=O)N3C[C@H](C)N(Cc4ccc(F)cc4)C[C@@H]3C)c(OC)cc21. The minimum absolute atomic E-state index is 0.00896. The third kappa shape index (κ3) is 5.95. The third-order valence-electron chi connectivity index (χ3n) is 7.34. The standard InChI is InChI=1S/C30H35FN4O6/c1-7-41-30(39)35-17-24(27(36)29(38)32(4)5)22-12-23(26(40-6)13-25(22)35)28(37)34-15-18(2)33(14-19(34)3)16-20-8-10-21(31)11-9-20/h8-13,17-19H,7,14-16H2,1-6H3/t18-,19-/m0/s1. The lowest BCUT2D eigenvalue weighted by atomic mass is 10.0. The van der Waals surface area contributed by atoms with Crippen molar-refractivity contribution in [3.05, 3.63) is 65.1 Å². The number of likely N-dealkylation sites (N-methyl/N-ethyl adjacent to an activating group) is 1. The number of Topliss-reactive ketones (excluding diaryl/α,β-unsaturated/α-hetero) is 1. The first-order chi connectivity index (χ1) is 19.5. The Labute approximate surface area is 238 Å². The highest BCUT2D eigenvalue weighted by Crippen LogP contribution is 2.32. The van der Waals surface area contributed by atoms with Gasteiger partial charge in [0.2, 0.25) is 0 Å². The maximum Gasteiger partial charge on any atom is 0.418 e. The fourth-order valence-electron chi connectivity index (χ4n) is 5.11. The molecule has 1 saturated heterocycles. The molecule has 2 amide bonds. The van der Waals surface area contributed by atoms with Crippen LogP contribution in [0.2, 0.25) is 0 Å². The Kier molecular flexibility index (Phi) is 8.77. The number of ether oxygens (including phenoxy) is 2. The number of halogens is 1. The Hall–Kier alpha value is -4.25. The van der Waals surface area contributed by atoms with Gasteiger partial charge in [-0.2, -0.15) is 0 Å². The summed E-state index contributed by atoms with van der Waals surface area (Å²) in [6.45, 7) is 7.38. The molecule has 41 heavy (non-hydrogen) atoms. The number of carbonyl (C=O) groups is 4. The molecule has 4 rings (SSSR count). The maximum absolute atomic E-state index is 14.0. The molecule has 0 spiro atoms. The van der Waals surface area contributed by atoms with Crippen LogP contribution in [-0.2, 0) is 16.1 Å². The molecule has 11 heteroatoms. The summed E-state index contributed by atoms with van der Waals surface area (Å²) in [7, 11) is 4.34. The summed E-state index contributed by atoms with van der Waals surface area (Å²) in [4.78, 5) is 57.5. The molecule has 3 aromatic rings. The van der Waals surface area contributed by atoms with Gasteiger partial charge in [-0.15, -0.1) is 0 Å². The number of benzene rings is 2. The van der Waals surface area contributed by atoms with Gasteiger partial charge in [0, 0.05) is 63.5 Å². The summed E-state index contributed by atoms with van der Waals surface area (Å²) in [6, 6.07) is 9.24. The quantitative estimate of drug-likeness (QED) is 0.317. The van der Waals surface area contributed by atoms with Crippen LogP contribution in [0.3, 0.4) is 0 Å². The lowest BCUT2D eigenvalue weighted by Crippen LogP contribution is -2.57. The summed E-state index contributed by atoms with van der Waals surface area (Å²) in [5.41, 5.74) is 1.44. The molecular weight excluding hydrogens is 531 g/mol. The molecule has 10 nitrogen and oxygen atoms in total. The lowest BCUT2D eigenvalue weighted by molar-refractivity contribution is -0.124. The molecule has 218 valence electrons. The van der Waals surface area contributed by atoms with Crippen molar-refractivity contribution in [2.24, 2.45) is 0 Å². The highest BCUT2D eigenvalue weighted by atomic mass is 19.1. The van der Waals surface area contributed by atoms with Gasteiger partial charge >= 0.3 is 6.09 Å². The second kappa shape index (κ2) is 12.1. The average Bonchev–Trinajstić information content (AvgIpc) is 3.32. The van der Waals surface area contributed by atoms with Gasteiger partial charge in [0.1, 0.15) is 11.6 Å². The fraction of sp³-hybridized carbons (Fsp3) is 0.400. The average molecular weight is 567 g/mol. The van der Waals surface area contributed by atoms with E-state index >= 15 is 0 Å². The van der Waals surface area contributed by atoms with Gasteiger partial charge in [-0.25, -0.2) is 9.18 Å². The maximum atomic E-state index is 14.0. The molecule has 2 aromatic carbocycles. The lowest BCUT2D eigenvalue weighted by Gasteiger charge is -2.44. The van der Waals surface area contributed by atoms with E-state index in [-0.39, 0.29) is 58.2 Å². The largest absolute Gasteiger partial charge is 0.496 e. The Bertz CT molecular complexity index is 1480. The summed E-state index contributed by atoms with van der Waals surface area (Å²) < 4.78 is 25.2. The van der Waals surface area contributed by atoms with Crippen molar-refractivity contribution in [2.45, 2.75) is 39.4 Å². The zero-order valence-corrected chi connectivity index (χ0v) is 24.1. The van der Waals surface area contributed by atoms with E-state index in [0.29, 0.717) is 19.6 Å². The van der Waals surface area contributed by atoms with E-state index in [4.69, 9.17) is 9.47 Å². The smallest absolute Gasteiger partial charge is 0.418 e. The van der Waals surface area contributed by atoms with Crippen molar-refractivity contribution >= 4 is 34.6 Å². The van der Waals surface area contributed by atoms with Crippen LogP contribution in [0.1, 0.15) is 47.1 Å². The van der Waals surface area contributed by atoms with Crippen molar-refractivity contribution < 1.29 is 33.0 Å². The molecule has 0 radical (unpaired) electrons. The zero-order valence-electron chi connectivity index (χ0n) is 24.1. The predicted molar refractivity (Wildman–Crippen MR) is 151 cm³/mol. The van der Waals surface area contributed by atoms with E-state index < -0.39 is 17.8 Å². The number of hydrogen-bond donors (Lipinski definition) is 0. The number of amides is 2. The minimum Gasteiger partial charge on any atom is -0.496 e. The molecule has 1 fully saturated rings. The number of rotatable bonds is 7. The first-order valence-corrected chi connectivity index (χ1v) is 13.4. The summed E-state index contributed by atoms with van der Waals surface area (Å²) in [5.74, 6) is -1.95. The van der Waals surface area contributed by atoms with Crippen LogP contribution >= 0.6 is 0 Å². The number of piperazine rings is 1. The number of ketones is 1. The van der Waals surface area contributed by atoms with E-state index in [0.717, 1.165) is 15.0 Å². The van der Waals surface area contributed by atoms with Crippen molar-refractivity contribution in [2.75, 3.05) is 40.9 Å². The third-order valence-corrected chi connectivity index (χ3v) is 7.34. The molecule has 0 bridgehead atoms. The second-order valence-corrected chi connectivity index (χ2v) is 10.4. The molecule has 1 aromatic heterocycles. The monoisotopic (exact) mass is 566 g/mol. The van der Waals surface area contributed by atoms with Crippen molar-refractivity contribution in [3.63, 3.8) is 0 Å². The van der Waals surface area contributed by atoms with Crippen LogP contribution in [0, 0.1) is 5.82 Å². The molecular formula is C30H35FN4O6. The van der Waals surface area contributed by atoms with Gasteiger partial charge in [0.05, 0.1) is 30.4 Å². The van der Waals surface area contributed by atoms with E-state index in [1.165, 1.54) is 51.7 Å². The second-order valence-electron chi connectivity index (χ2n) is 10.4. The minimum atomic E-state index is -0.817. The van der Waals surface area contributed by atoms with Crippen molar-refractivity contribution in [1.29, 1.82) is 0 Å². The first-order valence-electron chi connectivity index (χ1n) is 13.4. The molecule has 0 aliphatic carbocycles. The van der Waals surface area contributed by atoms with Gasteiger partial charge < -0.3 is 19.3 Å². The van der Waals surface area contributed by atoms with Gasteiger partial charge in [-0.05, 0) is 44.5 Å². The van der Waals surface area contributed by atoms with Crippen LogP contribution in [-0.4, -0.2) is 95.9 Å². The number of nitrogens with zero attached hydrogens (tertiary/aromatic N) is 4. The fourth-order valence-corrected chi connectivity index (χ4v) is 5.11. The number of methoxy groups -OCH3 is 1. The highest BCUT2D eigenvalue weighted by molar-refractivity contribution is 6.45. The Balaban J connectivity index is 1.70. The predicted octanol–water partition coefficient (Wildman–Crippen LogP) is 3.80. The van der Waals surface area contributed by atoms with Crippen molar-refractivity contribution in [3.8, 4) is 5.75 Å². The van der Waals surface area contributed by atoms with Crippen LogP contribution in [0.5, 0.6) is 5.75 Å². The van der Waals surface area contributed by atoms with E-state index in [1.54, 1.807) is 24.0 Å². The summed E-state index contributed by atoms with van der Waals surface area (Å²) in [6.07, 6.45) is 0.536. The van der Waals surface area contributed by atoms with Gasteiger partial charge in [-0.3, -0.25) is 23.9 Å². The number of fused-ring (bicyclic) bond motifs is 1. The molecule has 1 aliphatic rings. The van der Waals surface area contributed by atoms with Gasteiger partial charge in [0.15, 0.2) is 0 Å². The van der Waals surface area contributed by atoms with Gasteiger partial charge in [0.25, 0.3) is 17.6 Å². The highest BCUT2D eigenvalue weighted by Gasteiger charge is 2.34. The van der Waals surface area contributed by atoms with Crippen LogP contribution in [0.25, 0.3) is 10.9 Å². The molecule has 1 aliphatic heterocycles. The van der Waals surface area contributed by atoms with E-state index in [2.05, 4.69) is 4.90 Å². The topological polar surface area (TPSA) is 101 Å². The molecule has 0 unspecified atom stereocenters. The summed E-state index contributed by atoms with van der Waals surface area (Å²) >= 11 is 0. The van der Waals surface area contributed by atoms with Crippen molar-refractivity contribution in [1.82, 2.24) is 19.3 Å². The molecule has 2 atom stereocenters. The Morgan fingerprint density at radius 1 is 1.00 bits per heavy atom. The summed E-state index contributed by atoms with van der Waals surface area (Å²) in [5, 5.41) is 0.262.